The molecule has 3 nitrogen and oxygen atoms in total. The molecule has 4 heteroatoms. The minimum atomic E-state index is -0.417. The summed E-state index contributed by atoms with van der Waals surface area (Å²) in [6.07, 6.45) is 4.75. The van der Waals surface area contributed by atoms with Gasteiger partial charge in [0, 0.05) is 11.5 Å². The van der Waals surface area contributed by atoms with Crippen LogP contribution in [0.2, 0.25) is 0 Å². The lowest BCUT2D eigenvalue weighted by molar-refractivity contribution is -0.140. The van der Waals surface area contributed by atoms with Crippen LogP contribution in [0.1, 0.15) is 32.6 Å². The molecule has 0 bridgehead atoms. The van der Waals surface area contributed by atoms with E-state index in [9.17, 15) is 9.18 Å². The molecule has 2 saturated heterocycles. The van der Waals surface area contributed by atoms with Gasteiger partial charge in [-0.15, -0.1) is 0 Å². The van der Waals surface area contributed by atoms with Crippen molar-refractivity contribution in [3.8, 4) is 0 Å². The smallest absolute Gasteiger partial charge is 0.334 e. The summed E-state index contributed by atoms with van der Waals surface area (Å²) in [5, 5.41) is 0. The zero-order valence-electron chi connectivity index (χ0n) is 11.2. The third-order valence-electron chi connectivity index (χ3n) is 4.61. The first-order chi connectivity index (χ1) is 9.05. The molecule has 1 aliphatic carbocycles. The normalized spacial score (nSPS) is 44.7. The Balaban J connectivity index is 1.86. The van der Waals surface area contributed by atoms with Crippen LogP contribution in [0.15, 0.2) is 23.8 Å². The maximum atomic E-state index is 12.9. The van der Waals surface area contributed by atoms with Crippen molar-refractivity contribution in [1.29, 1.82) is 0 Å². The molecule has 0 N–H and O–H groups in total. The number of epoxide rings is 1. The predicted octanol–water partition coefficient (Wildman–Crippen LogP) is 2.71. The molecule has 0 amide bonds. The Morgan fingerprint density at radius 3 is 3.11 bits per heavy atom. The van der Waals surface area contributed by atoms with Gasteiger partial charge in [-0.25, -0.2) is 9.18 Å². The fraction of sp³-hybridized carbons (Fsp3) is 0.667. The highest BCUT2D eigenvalue weighted by Gasteiger charge is 2.61. The van der Waals surface area contributed by atoms with Crippen molar-refractivity contribution in [2.24, 2.45) is 5.92 Å². The Labute approximate surface area is 112 Å². The number of alkyl halides is 1. The second-order valence-corrected chi connectivity index (χ2v) is 5.93. The van der Waals surface area contributed by atoms with Crippen LogP contribution in [0.25, 0.3) is 0 Å². The van der Waals surface area contributed by atoms with Crippen LogP contribution in [-0.4, -0.2) is 30.5 Å². The first-order valence-electron chi connectivity index (χ1n) is 6.86. The summed E-state index contributed by atoms with van der Waals surface area (Å²) in [6.45, 7) is 5.45. The number of carbonyl (C=O) groups is 1. The fourth-order valence-corrected chi connectivity index (χ4v) is 3.24. The molecule has 0 unspecified atom stereocenters. The molecule has 2 fully saturated rings. The van der Waals surface area contributed by atoms with Gasteiger partial charge in [-0.3, -0.25) is 0 Å². The van der Waals surface area contributed by atoms with Gasteiger partial charge in [-0.2, -0.15) is 0 Å². The van der Waals surface area contributed by atoms with E-state index in [0.29, 0.717) is 18.4 Å². The summed E-state index contributed by atoms with van der Waals surface area (Å²) in [5.74, 6) is -0.356. The van der Waals surface area contributed by atoms with Crippen molar-refractivity contribution in [3.05, 3.63) is 23.8 Å². The van der Waals surface area contributed by atoms with E-state index < -0.39 is 6.67 Å². The lowest BCUT2D eigenvalue weighted by atomic mass is 9.84. The van der Waals surface area contributed by atoms with Gasteiger partial charge in [0.25, 0.3) is 0 Å². The summed E-state index contributed by atoms with van der Waals surface area (Å²) in [5.41, 5.74) is 1.10. The average Bonchev–Trinajstić information content (AvgIpc) is 2.97. The number of hydrogen-bond donors (Lipinski definition) is 0. The van der Waals surface area contributed by atoms with Crippen LogP contribution < -0.4 is 0 Å². The highest BCUT2D eigenvalue weighted by Crippen LogP contribution is 2.49. The number of halogens is 1. The van der Waals surface area contributed by atoms with Gasteiger partial charge >= 0.3 is 5.97 Å². The van der Waals surface area contributed by atoms with E-state index in [1.165, 1.54) is 0 Å². The van der Waals surface area contributed by atoms with E-state index in [2.05, 4.69) is 6.58 Å². The Kier molecular flexibility index (Phi) is 3.01. The molecule has 0 aromatic carbocycles. The van der Waals surface area contributed by atoms with Crippen LogP contribution >= 0.6 is 0 Å². The summed E-state index contributed by atoms with van der Waals surface area (Å²) < 4.78 is 24.1. The Bertz CT molecular complexity index is 456. The summed E-state index contributed by atoms with van der Waals surface area (Å²) in [4.78, 5) is 11.7. The van der Waals surface area contributed by atoms with Crippen LogP contribution in [0, 0.1) is 5.92 Å². The molecule has 3 aliphatic rings. The lowest BCUT2D eigenvalue weighted by Crippen LogP contribution is -2.28. The van der Waals surface area contributed by atoms with Crippen molar-refractivity contribution in [2.75, 3.05) is 6.67 Å². The van der Waals surface area contributed by atoms with E-state index in [-0.39, 0.29) is 29.7 Å². The minimum Gasteiger partial charge on any atom is -0.455 e. The number of ether oxygens (including phenoxy) is 2. The Morgan fingerprint density at radius 2 is 2.37 bits per heavy atom. The molecule has 4 atom stereocenters. The van der Waals surface area contributed by atoms with Crippen molar-refractivity contribution in [2.45, 2.75) is 50.4 Å². The second-order valence-electron chi connectivity index (χ2n) is 5.93. The molecule has 0 aromatic rings. The standard InChI is InChI=1S/C15H19FO3/c1-9-11-6-5-10(8-16)4-3-7-15(2)13(19-15)12(11)18-14(9)17/h4,11-13H,1,3,5-8H2,2H3/b10-4+/t11-,12-,13-,15+/m0/s1. The molecule has 0 radical (unpaired) electrons. The molecule has 0 spiro atoms. The monoisotopic (exact) mass is 266 g/mol. The summed E-state index contributed by atoms with van der Waals surface area (Å²) >= 11 is 0. The molecule has 104 valence electrons. The Morgan fingerprint density at radius 1 is 1.58 bits per heavy atom. The second kappa shape index (κ2) is 4.44. The first kappa shape index (κ1) is 12.9. The van der Waals surface area contributed by atoms with Gasteiger partial charge in [0.05, 0.1) is 5.60 Å². The van der Waals surface area contributed by atoms with Crippen molar-refractivity contribution < 1.29 is 18.7 Å². The quantitative estimate of drug-likeness (QED) is 0.317. The largest absolute Gasteiger partial charge is 0.455 e. The fourth-order valence-electron chi connectivity index (χ4n) is 3.24. The molecule has 2 aliphatic heterocycles. The van der Waals surface area contributed by atoms with Crippen molar-refractivity contribution in [3.63, 3.8) is 0 Å². The van der Waals surface area contributed by atoms with E-state index in [4.69, 9.17) is 9.47 Å². The van der Waals surface area contributed by atoms with Gasteiger partial charge in [-0.1, -0.05) is 12.7 Å². The SMILES string of the molecule is C=C1C(=O)O[C@H]2[C@H]1CC/C(CF)=C\CC[C@@]1(C)O[C@@H]21. The van der Waals surface area contributed by atoms with Crippen molar-refractivity contribution in [1.82, 2.24) is 0 Å². The zero-order valence-corrected chi connectivity index (χ0v) is 11.2. The number of rotatable bonds is 1. The summed E-state index contributed by atoms with van der Waals surface area (Å²) in [7, 11) is 0. The molecule has 19 heavy (non-hydrogen) atoms. The maximum Gasteiger partial charge on any atom is 0.334 e. The number of carbonyl (C=O) groups excluding carboxylic acids is 1. The molecule has 0 saturated carbocycles. The molecule has 3 rings (SSSR count). The van der Waals surface area contributed by atoms with Crippen LogP contribution in [0.3, 0.4) is 0 Å². The predicted molar refractivity (Wildman–Crippen MR) is 68.3 cm³/mol. The number of fused-ring (bicyclic) bond motifs is 3. The molecular weight excluding hydrogens is 247 g/mol. The van der Waals surface area contributed by atoms with Gasteiger partial charge in [0.2, 0.25) is 0 Å². The van der Waals surface area contributed by atoms with Gasteiger partial charge in [0.15, 0.2) is 0 Å². The number of esters is 1. The molecule has 0 aromatic heterocycles. The third-order valence-corrected chi connectivity index (χ3v) is 4.61. The molecular formula is C15H19FO3. The first-order valence-corrected chi connectivity index (χ1v) is 6.86. The van der Waals surface area contributed by atoms with Gasteiger partial charge in [-0.05, 0) is 38.2 Å². The average molecular weight is 266 g/mol. The zero-order chi connectivity index (χ0) is 13.6. The van der Waals surface area contributed by atoms with E-state index in [1.807, 2.05) is 13.0 Å². The van der Waals surface area contributed by atoms with E-state index >= 15 is 0 Å². The van der Waals surface area contributed by atoms with E-state index in [1.54, 1.807) is 0 Å². The lowest BCUT2D eigenvalue weighted by Gasteiger charge is -2.19. The molecule has 2 heterocycles. The summed E-state index contributed by atoms with van der Waals surface area (Å²) in [6, 6.07) is 0. The number of hydrogen-bond acceptors (Lipinski definition) is 3. The minimum absolute atomic E-state index is 0.0268. The van der Waals surface area contributed by atoms with Crippen LogP contribution in [0.5, 0.6) is 0 Å². The topological polar surface area (TPSA) is 38.8 Å². The highest BCUT2D eigenvalue weighted by atomic mass is 19.1. The Hall–Kier alpha value is -1.16. The van der Waals surface area contributed by atoms with Crippen LogP contribution in [0.4, 0.5) is 4.39 Å². The van der Waals surface area contributed by atoms with Gasteiger partial charge < -0.3 is 9.47 Å². The van der Waals surface area contributed by atoms with Gasteiger partial charge in [0.1, 0.15) is 18.9 Å². The van der Waals surface area contributed by atoms with E-state index in [0.717, 1.165) is 18.4 Å². The van der Waals surface area contributed by atoms with Crippen molar-refractivity contribution >= 4 is 5.97 Å². The maximum absolute atomic E-state index is 12.9. The third kappa shape index (κ3) is 2.12. The highest BCUT2D eigenvalue weighted by molar-refractivity contribution is 5.91. The number of allylic oxidation sites excluding steroid dienone is 2. The van der Waals surface area contributed by atoms with Crippen LogP contribution in [-0.2, 0) is 14.3 Å².